The molecule has 1 heterocycles. The van der Waals surface area contributed by atoms with E-state index in [0.717, 1.165) is 11.3 Å². The molecule has 6 heteroatoms. The van der Waals surface area contributed by atoms with Crippen LogP contribution in [-0.2, 0) is 9.53 Å². The first-order valence-corrected chi connectivity index (χ1v) is 5.85. The highest BCUT2D eigenvalue weighted by Crippen LogP contribution is 2.27. The number of methoxy groups -OCH3 is 1. The number of aryl methyl sites for hydroxylation is 1. The Balaban J connectivity index is 2.29. The van der Waals surface area contributed by atoms with Crippen LogP contribution in [-0.4, -0.2) is 29.3 Å². The van der Waals surface area contributed by atoms with Crippen molar-refractivity contribution in [1.29, 1.82) is 0 Å². The maximum absolute atomic E-state index is 11.4. The van der Waals surface area contributed by atoms with Crippen molar-refractivity contribution < 1.29 is 13.9 Å². The monoisotopic (exact) mass is 261 g/mol. The topological polar surface area (TPSA) is 77.2 Å². The predicted octanol–water partition coefficient (Wildman–Crippen LogP) is 2.02. The van der Waals surface area contributed by atoms with Crippen molar-refractivity contribution in [3.63, 3.8) is 0 Å². The molecule has 1 N–H and O–H groups in total. The van der Waals surface area contributed by atoms with Crippen LogP contribution in [0.25, 0.3) is 11.5 Å². The van der Waals surface area contributed by atoms with Crippen LogP contribution in [0.3, 0.4) is 0 Å². The number of nitrogens with zero attached hydrogens (tertiary/aromatic N) is 2. The summed E-state index contributed by atoms with van der Waals surface area (Å²) in [6.07, 6.45) is 0. The van der Waals surface area contributed by atoms with Crippen molar-refractivity contribution in [3.8, 4) is 11.5 Å². The van der Waals surface area contributed by atoms with E-state index in [1.54, 1.807) is 13.8 Å². The van der Waals surface area contributed by atoms with Gasteiger partial charge in [0.1, 0.15) is 6.04 Å². The average molecular weight is 261 g/mol. The summed E-state index contributed by atoms with van der Waals surface area (Å²) in [5, 5.41) is 10.8. The quantitative estimate of drug-likeness (QED) is 0.848. The first-order chi connectivity index (χ1) is 9.11. The number of hydrogen-bond donors (Lipinski definition) is 1. The summed E-state index contributed by atoms with van der Waals surface area (Å²) < 4.78 is 10.1. The Morgan fingerprint density at radius 3 is 2.74 bits per heavy atom. The number of esters is 1. The van der Waals surface area contributed by atoms with Crippen molar-refractivity contribution in [2.45, 2.75) is 19.9 Å². The minimum absolute atomic E-state index is 0.337. The molecule has 2 rings (SSSR count). The predicted molar refractivity (Wildman–Crippen MR) is 69.6 cm³/mol. The molecule has 0 saturated heterocycles. The second-order valence-electron chi connectivity index (χ2n) is 4.06. The number of rotatable bonds is 4. The van der Waals surface area contributed by atoms with Crippen LogP contribution < -0.4 is 5.32 Å². The fraction of sp³-hybridized carbons (Fsp3) is 0.308. The van der Waals surface area contributed by atoms with E-state index >= 15 is 0 Å². The van der Waals surface area contributed by atoms with Crippen LogP contribution >= 0.6 is 0 Å². The maximum Gasteiger partial charge on any atom is 0.327 e. The SMILES string of the molecule is COC(=O)C(C)Nc1ccccc1-c1nnc(C)o1. The second-order valence-corrected chi connectivity index (χ2v) is 4.06. The molecule has 0 aliphatic rings. The lowest BCUT2D eigenvalue weighted by molar-refractivity contribution is -0.141. The van der Waals surface area contributed by atoms with E-state index in [1.165, 1.54) is 7.11 Å². The maximum atomic E-state index is 11.4. The minimum Gasteiger partial charge on any atom is -0.467 e. The van der Waals surface area contributed by atoms with Gasteiger partial charge in [-0.15, -0.1) is 10.2 Å². The molecule has 0 bridgehead atoms. The summed E-state index contributed by atoms with van der Waals surface area (Å²) in [5.41, 5.74) is 1.49. The van der Waals surface area contributed by atoms with Crippen LogP contribution in [0, 0.1) is 6.92 Å². The van der Waals surface area contributed by atoms with Gasteiger partial charge in [0, 0.05) is 12.6 Å². The number of anilines is 1. The van der Waals surface area contributed by atoms with Crippen LogP contribution in [0.15, 0.2) is 28.7 Å². The molecular formula is C13H15N3O3. The van der Waals surface area contributed by atoms with E-state index in [1.807, 2.05) is 24.3 Å². The van der Waals surface area contributed by atoms with E-state index in [-0.39, 0.29) is 5.97 Å². The largest absolute Gasteiger partial charge is 0.467 e. The number of aromatic nitrogens is 2. The van der Waals surface area contributed by atoms with Gasteiger partial charge >= 0.3 is 5.97 Å². The van der Waals surface area contributed by atoms with Crippen molar-refractivity contribution in [2.24, 2.45) is 0 Å². The summed E-state index contributed by atoms with van der Waals surface area (Å²) in [6.45, 7) is 3.45. The van der Waals surface area contributed by atoms with E-state index in [9.17, 15) is 4.79 Å². The lowest BCUT2D eigenvalue weighted by atomic mass is 10.1. The molecule has 0 saturated carbocycles. The smallest absolute Gasteiger partial charge is 0.327 e. The Bertz CT molecular complexity index is 580. The standard InChI is InChI=1S/C13H15N3O3/c1-8(13(17)18-3)14-11-7-5-4-6-10(11)12-16-15-9(2)19-12/h4-8,14H,1-3H3. The number of ether oxygens (including phenoxy) is 1. The Kier molecular flexibility index (Phi) is 3.79. The molecule has 100 valence electrons. The van der Waals surface area contributed by atoms with Gasteiger partial charge in [-0.2, -0.15) is 0 Å². The van der Waals surface area contributed by atoms with Crippen LogP contribution in [0.5, 0.6) is 0 Å². The van der Waals surface area contributed by atoms with Gasteiger partial charge in [-0.3, -0.25) is 0 Å². The van der Waals surface area contributed by atoms with Crippen molar-refractivity contribution >= 4 is 11.7 Å². The minimum atomic E-state index is -0.463. The van der Waals surface area contributed by atoms with Crippen LogP contribution in [0.4, 0.5) is 5.69 Å². The fourth-order valence-electron chi connectivity index (χ4n) is 1.67. The Hall–Kier alpha value is -2.37. The molecule has 1 aromatic carbocycles. The summed E-state index contributed by atoms with van der Waals surface area (Å²) in [6, 6.07) is 6.95. The molecule has 1 aromatic heterocycles. The summed E-state index contributed by atoms with van der Waals surface area (Å²) in [4.78, 5) is 11.4. The van der Waals surface area contributed by atoms with Gasteiger partial charge in [-0.05, 0) is 19.1 Å². The first-order valence-electron chi connectivity index (χ1n) is 5.85. The van der Waals surface area contributed by atoms with Gasteiger partial charge in [-0.25, -0.2) is 4.79 Å². The van der Waals surface area contributed by atoms with E-state index in [4.69, 9.17) is 4.42 Å². The van der Waals surface area contributed by atoms with Gasteiger partial charge in [-0.1, -0.05) is 12.1 Å². The Morgan fingerprint density at radius 1 is 1.37 bits per heavy atom. The molecule has 0 radical (unpaired) electrons. The zero-order valence-electron chi connectivity index (χ0n) is 11.0. The molecule has 1 atom stereocenters. The van der Waals surface area contributed by atoms with Crippen LogP contribution in [0.1, 0.15) is 12.8 Å². The third-order valence-corrected chi connectivity index (χ3v) is 2.61. The summed E-state index contributed by atoms with van der Waals surface area (Å²) in [5.74, 6) is 0.569. The first kappa shape index (κ1) is 13.1. The third kappa shape index (κ3) is 2.90. The van der Waals surface area contributed by atoms with E-state index < -0.39 is 6.04 Å². The molecule has 2 aromatic rings. The summed E-state index contributed by atoms with van der Waals surface area (Å²) >= 11 is 0. The van der Waals surface area contributed by atoms with Crippen LogP contribution in [0.2, 0.25) is 0 Å². The molecule has 0 amide bonds. The molecule has 0 spiro atoms. The molecule has 6 nitrogen and oxygen atoms in total. The number of carbonyl (C=O) groups is 1. The Morgan fingerprint density at radius 2 is 2.11 bits per heavy atom. The van der Waals surface area contributed by atoms with Gasteiger partial charge in [0.25, 0.3) is 0 Å². The zero-order valence-corrected chi connectivity index (χ0v) is 11.0. The molecule has 0 aliphatic carbocycles. The van der Waals surface area contributed by atoms with Gasteiger partial charge in [0.2, 0.25) is 11.8 Å². The molecule has 1 unspecified atom stereocenters. The highest BCUT2D eigenvalue weighted by Gasteiger charge is 2.16. The average Bonchev–Trinajstić information content (AvgIpc) is 2.85. The lowest BCUT2D eigenvalue weighted by Crippen LogP contribution is -2.27. The second kappa shape index (κ2) is 5.51. The lowest BCUT2D eigenvalue weighted by Gasteiger charge is -2.14. The molecule has 0 aliphatic heterocycles. The number of para-hydroxylation sites is 1. The van der Waals surface area contributed by atoms with Gasteiger partial charge in [0.05, 0.1) is 12.7 Å². The number of nitrogens with one attached hydrogen (secondary N) is 1. The van der Waals surface area contributed by atoms with Gasteiger partial charge in [0.15, 0.2) is 0 Å². The van der Waals surface area contributed by atoms with E-state index in [2.05, 4.69) is 20.3 Å². The van der Waals surface area contributed by atoms with Crippen molar-refractivity contribution in [3.05, 3.63) is 30.2 Å². The highest BCUT2D eigenvalue weighted by atomic mass is 16.5. The normalized spacial score (nSPS) is 11.9. The molecule has 19 heavy (non-hydrogen) atoms. The number of hydrogen-bond acceptors (Lipinski definition) is 6. The summed E-state index contributed by atoms with van der Waals surface area (Å²) in [7, 11) is 1.35. The number of carbonyl (C=O) groups excluding carboxylic acids is 1. The van der Waals surface area contributed by atoms with Crippen molar-refractivity contribution in [1.82, 2.24) is 10.2 Å². The van der Waals surface area contributed by atoms with Crippen molar-refractivity contribution in [2.75, 3.05) is 12.4 Å². The third-order valence-electron chi connectivity index (χ3n) is 2.61. The van der Waals surface area contributed by atoms with E-state index in [0.29, 0.717) is 11.8 Å². The molecular weight excluding hydrogens is 246 g/mol. The number of benzene rings is 1. The fourth-order valence-corrected chi connectivity index (χ4v) is 1.67. The Labute approximate surface area is 110 Å². The highest BCUT2D eigenvalue weighted by molar-refractivity contribution is 5.81. The molecule has 0 fully saturated rings. The zero-order chi connectivity index (χ0) is 13.8. The van der Waals surface area contributed by atoms with Gasteiger partial charge < -0.3 is 14.5 Å².